The lowest BCUT2D eigenvalue weighted by Gasteiger charge is -2.24. The molecule has 0 aliphatic carbocycles. The molecule has 1 aliphatic rings. The fourth-order valence-corrected chi connectivity index (χ4v) is 2.57. The number of likely N-dealkylation sites (tertiary alicyclic amines) is 1. The van der Waals surface area contributed by atoms with Gasteiger partial charge in [0.05, 0.1) is 0 Å². The van der Waals surface area contributed by atoms with Crippen LogP contribution in [0.25, 0.3) is 0 Å². The Morgan fingerprint density at radius 3 is 2.82 bits per heavy atom. The van der Waals surface area contributed by atoms with Crippen LogP contribution >= 0.6 is 15.9 Å². The van der Waals surface area contributed by atoms with Gasteiger partial charge in [0.1, 0.15) is 0 Å². The third-order valence-electron chi connectivity index (χ3n) is 3.17. The van der Waals surface area contributed by atoms with Gasteiger partial charge in [0, 0.05) is 29.2 Å². The molecule has 4 heteroatoms. The number of carbonyl (C=O) groups excluding carboxylic acids is 1. The highest BCUT2D eigenvalue weighted by Gasteiger charge is 2.28. The van der Waals surface area contributed by atoms with Crippen molar-refractivity contribution < 1.29 is 4.79 Å². The summed E-state index contributed by atoms with van der Waals surface area (Å²) in [4.78, 5) is 14.3. The molecular weight excluding hydrogens is 280 g/mol. The highest BCUT2D eigenvalue weighted by molar-refractivity contribution is 9.10. The lowest BCUT2D eigenvalue weighted by Crippen LogP contribution is -2.40. The summed E-state index contributed by atoms with van der Waals surface area (Å²) >= 11 is 3.38. The summed E-state index contributed by atoms with van der Waals surface area (Å²) < 4.78 is 1.00. The number of amides is 1. The van der Waals surface area contributed by atoms with E-state index in [1.807, 2.05) is 36.2 Å². The Morgan fingerprint density at radius 2 is 2.18 bits per heavy atom. The van der Waals surface area contributed by atoms with Gasteiger partial charge in [-0.25, -0.2) is 0 Å². The number of rotatable bonds is 3. The Morgan fingerprint density at radius 1 is 1.47 bits per heavy atom. The van der Waals surface area contributed by atoms with E-state index in [9.17, 15) is 4.79 Å². The normalized spacial score (nSPS) is 19.6. The van der Waals surface area contributed by atoms with Gasteiger partial charge >= 0.3 is 0 Å². The summed E-state index contributed by atoms with van der Waals surface area (Å²) in [7, 11) is 1.93. The molecule has 0 spiro atoms. The van der Waals surface area contributed by atoms with Gasteiger partial charge in [-0.05, 0) is 44.2 Å². The second-order valence-corrected chi connectivity index (χ2v) is 5.27. The van der Waals surface area contributed by atoms with Crippen molar-refractivity contribution >= 4 is 21.8 Å². The van der Waals surface area contributed by atoms with E-state index in [0.29, 0.717) is 6.04 Å². The second kappa shape index (κ2) is 5.65. The van der Waals surface area contributed by atoms with Gasteiger partial charge in [0.15, 0.2) is 0 Å². The van der Waals surface area contributed by atoms with E-state index in [1.54, 1.807) is 0 Å². The quantitative estimate of drug-likeness (QED) is 0.928. The van der Waals surface area contributed by atoms with Crippen molar-refractivity contribution in [3.63, 3.8) is 0 Å². The van der Waals surface area contributed by atoms with Gasteiger partial charge in [-0.2, -0.15) is 0 Å². The molecule has 1 aromatic rings. The van der Waals surface area contributed by atoms with E-state index >= 15 is 0 Å². The van der Waals surface area contributed by atoms with Crippen molar-refractivity contribution in [1.82, 2.24) is 10.2 Å². The molecule has 17 heavy (non-hydrogen) atoms. The maximum atomic E-state index is 12.3. The lowest BCUT2D eigenvalue weighted by atomic mass is 10.1. The Kier molecular flexibility index (Phi) is 4.18. The summed E-state index contributed by atoms with van der Waals surface area (Å²) in [5.74, 6) is 0.148. The zero-order valence-corrected chi connectivity index (χ0v) is 11.5. The minimum atomic E-state index is 0.148. The maximum absolute atomic E-state index is 12.3. The first kappa shape index (κ1) is 12.6. The molecule has 1 atom stereocenters. The number of nitrogens with one attached hydrogen (secondary N) is 1. The summed E-state index contributed by atoms with van der Waals surface area (Å²) in [5.41, 5.74) is 0.774. The molecule has 0 unspecified atom stereocenters. The topological polar surface area (TPSA) is 32.3 Å². The molecule has 0 saturated carbocycles. The van der Waals surface area contributed by atoms with Crippen molar-refractivity contribution in [2.45, 2.75) is 18.9 Å². The van der Waals surface area contributed by atoms with Gasteiger partial charge in [0.2, 0.25) is 0 Å². The van der Waals surface area contributed by atoms with Crippen molar-refractivity contribution in [2.75, 3.05) is 20.1 Å². The minimum Gasteiger partial charge on any atom is -0.334 e. The van der Waals surface area contributed by atoms with Crippen LogP contribution in [-0.2, 0) is 0 Å². The standard InChI is InChI=1S/C13H17BrN2O/c1-15-9-12-3-2-8-16(12)13(17)10-4-6-11(14)7-5-10/h4-7,12,15H,2-3,8-9H2,1H3/t12-/m0/s1. The van der Waals surface area contributed by atoms with Gasteiger partial charge in [0.25, 0.3) is 5.91 Å². The lowest BCUT2D eigenvalue weighted by molar-refractivity contribution is 0.0737. The molecule has 1 saturated heterocycles. The van der Waals surface area contributed by atoms with Crippen molar-refractivity contribution in [2.24, 2.45) is 0 Å². The van der Waals surface area contributed by atoms with Crippen LogP contribution in [0.1, 0.15) is 23.2 Å². The molecule has 1 aliphatic heterocycles. The Balaban J connectivity index is 2.11. The van der Waals surface area contributed by atoms with Crippen molar-refractivity contribution in [3.05, 3.63) is 34.3 Å². The zero-order valence-electron chi connectivity index (χ0n) is 9.95. The largest absolute Gasteiger partial charge is 0.334 e. The molecule has 92 valence electrons. The Labute approximate surface area is 110 Å². The second-order valence-electron chi connectivity index (χ2n) is 4.36. The van der Waals surface area contributed by atoms with Crippen LogP contribution in [0.4, 0.5) is 0 Å². The number of halogens is 1. The summed E-state index contributed by atoms with van der Waals surface area (Å²) in [6.07, 6.45) is 2.21. The average molecular weight is 297 g/mol. The molecule has 0 aromatic heterocycles. The molecule has 2 rings (SSSR count). The first-order valence-corrected chi connectivity index (χ1v) is 6.73. The molecule has 1 fully saturated rings. The van der Waals surface area contributed by atoms with Crippen LogP contribution in [0, 0.1) is 0 Å². The summed E-state index contributed by atoms with van der Waals surface area (Å²) in [6.45, 7) is 1.75. The maximum Gasteiger partial charge on any atom is 0.254 e. The fraction of sp³-hybridized carbons (Fsp3) is 0.462. The molecule has 1 aromatic carbocycles. The van der Waals surface area contributed by atoms with E-state index < -0.39 is 0 Å². The molecule has 0 bridgehead atoms. The Hall–Kier alpha value is -0.870. The first-order chi connectivity index (χ1) is 8.22. The highest BCUT2D eigenvalue weighted by Crippen LogP contribution is 2.20. The number of likely N-dealkylation sites (N-methyl/N-ethyl adjacent to an activating group) is 1. The number of nitrogens with zero attached hydrogens (tertiary/aromatic N) is 1. The molecule has 1 N–H and O–H groups in total. The predicted molar refractivity (Wildman–Crippen MR) is 72.1 cm³/mol. The van der Waals surface area contributed by atoms with E-state index in [4.69, 9.17) is 0 Å². The smallest absolute Gasteiger partial charge is 0.254 e. The average Bonchev–Trinajstić information content (AvgIpc) is 2.78. The van der Waals surface area contributed by atoms with Gasteiger partial charge < -0.3 is 10.2 Å². The zero-order chi connectivity index (χ0) is 12.3. The van der Waals surface area contributed by atoms with E-state index in [1.165, 1.54) is 0 Å². The van der Waals surface area contributed by atoms with Gasteiger partial charge in [-0.3, -0.25) is 4.79 Å². The van der Waals surface area contributed by atoms with Crippen LogP contribution in [-0.4, -0.2) is 37.0 Å². The molecule has 1 heterocycles. The third kappa shape index (κ3) is 2.87. The number of hydrogen-bond donors (Lipinski definition) is 1. The van der Waals surface area contributed by atoms with Crippen molar-refractivity contribution in [3.8, 4) is 0 Å². The predicted octanol–water partition coefficient (Wildman–Crippen LogP) is 2.27. The highest BCUT2D eigenvalue weighted by atomic mass is 79.9. The fourth-order valence-electron chi connectivity index (χ4n) is 2.31. The number of hydrogen-bond acceptors (Lipinski definition) is 2. The number of carbonyl (C=O) groups is 1. The van der Waals surface area contributed by atoms with E-state index in [-0.39, 0.29) is 5.91 Å². The Bertz CT molecular complexity index is 391. The SMILES string of the molecule is CNC[C@@H]1CCCN1C(=O)c1ccc(Br)cc1. The van der Waals surface area contributed by atoms with Gasteiger partial charge in [-0.1, -0.05) is 15.9 Å². The van der Waals surface area contributed by atoms with Crippen LogP contribution in [0.15, 0.2) is 28.7 Å². The molecular formula is C13H17BrN2O. The van der Waals surface area contributed by atoms with Crippen LogP contribution in [0.2, 0.25) is 0 Å². The molecule has 1 amide bonds. The van der Waals surface area contributed by atoms with Crippen LogP contribution < -0.4 is 5.32 Å². The molecule has 3 nitrogen and oxygen atoms in total. The van der Waals surface area contributed by atoms with Crippen LogP contribution in [0.3, 0.4) is 0 Å². The summed E-state index contributed by atoms with van der Waals surface area (Å²) in [5, 5.41) is 3.15. The van der Waals surface area contributed by atoms with Crippen LogP contribution in [0.5, 0.6) is 0 Å². The van der Waals surface area contributed by atoms with Crippen molar-refractivity contribution in [1.29, 1.82) is 0 Å². The summed E-state index contributed by atoms with van der Waals surface area (Å²) in [6, 6.07) is 7.92. The van der Waals surface area contributed by atoms with Gasteiger partial charge in [-0.15, -0.1) is 0 Å². The van der Waals surface area contributed by atoms with E-state index in [0.717, 1.165) is 36.0 Å². The monoisotopic (exact) mass is 296 g/mol. The third-order valence-corrected chi connectivity index (χ3v) is 3.70. The molecule has 0 radical (unpaired) electrons. The first-order valence-electron chi connectivity index (χ1n) is 5.93. The minimum absolute atomic E-state index is 0.148. The number of benzene rings is 1. The van der Waals surface area contributed by atoms with E-state index in [2.05, 4.69) is 21.2 Å².